The highest BCUT2D eigenvalue weighted by atomic mass is 16.1. The van der Waals surface area contributed by atoms with E-state index in [4.69, 9.17) is 5.53 Å². The molecule has 0 aliphatic heterocycles. The van der Waals surface area contributed by atoms with Gasteiger partial charge in [-0.3, -0.25) is 4.79 Å². The lowest BCUT2D eigenvalue weighted by Crippen LogP contribution is -1.92. The molecular formula is C9H7N3O. The summed E-state index contributed by atoms with van der Waals surface area (Å²) < 4.78 is 0. The smallest absolute Gasteiger partial charge is 0.185 e. The second kappa shape index (κ2) is 4.09. The third-order valence-electron chi connectivity index (χ3n) is 1.51. The molecule has 0 atom stereocenters. The summed E-state index contributed by atoms with van der Waals surface area (Å²) >= 11 is 0. The summed E-state index contributed by atoms with van der Waals surface area (Å²) in [5.74, 6) is -0.247. The van der Waals surface area contributed by atoms with E-state index in [1.54, 1.807) is 24.3 Å². The van der Waals surface area contributed by atoms with Crippen LogP contribution in [0.1, 0.15) is 10.4 Å². The third kappa shape index (κ3) is 1.95. The second-order valence-electron chi connectivity index (χ2n) is 2.27. The number of hydrogen-bond donors (Lipinski definition) is 0. The van der Waals surface area contributed by atoms with Gasteiger partial charge < -0.3 is 0 Å². The van der Waals surface area contributed by atoms with Gasteiger partial charge in [-0.1, -0.05) is 36.0 Å². The highest BCUT2D eigenvalue weighted by molar-refractivity contribution is 6.07. The first-order valence-corrected chi connectivity index (χ1v) is 3.60. The fourth-order valence-corrected chi connectivity index (χ4v) is 0.927. The molecule has 0 saturated carbocycles. The summed E-state index contributed by atoms with van der Waals surface area (Å²) in [7, 11) is 0. The van der Waals surface area contributed by atoms with Crippen LogP contribution in [0.25, 0.3) is 10.4 Å². The first kappa shape index (κ1) is 9.03. The molecule has 13 heavy (non-hydrogen) atoms. The molecule has 1 aromatic rings. The number of benzene rings is 1. The third-order valence-corrected chi connectivity index (χ3v) is 1.51. The van der Waals surface area contributed by atoms with Gasteiger partial charge in [0.15, 0.2) is 5.78 Å². The van der Waals surface area contributed by atoms with Gasteiger partial charge in [-0.25, -0.2) is 0 Å². The van der Waals surface area contributed by atoms with Crippen LogP contribution in [0.15, 0.2) is 42.0 Å². The van der Waals surface area contributed by atoms with Crippen LogP contribution >= 0.6 is 0 Å². The number of rotatable bonds is 3. The van der Waals surface area contributed by atoms with Crippen LogP contribution < -0.4 is 0 Å². The molecule has 1 aromatic carbocycles. The quantitative estimate of drug-likeness (QED) is 0.228. The van der Waals surface area contributed by atoms with Crippen LogP contribution in [0.5, 0.6) is 0 Å². The van der Waals surface area contributed by atoms with Crippen molar-refractivity contribution in [3.8, 4) is 0 Å². The molecule has 0 aromatic heterocycles. The van der Waals surface area contributed by atoms with E-state index in [2.05, 4.69) is 16.6 Å². The van der Waals surface area contributed by atoms with Crippen LogP contribution in [-0.4, -0.2) is 5.78 Å². The maximum absolute atomic E-state index is 11.2. The molecule has 0 fully saturated rings. The van der Waals surface area contributed by atoms with Crippen LogP contribution in [0, 0.1) is 0 Å². The fraction of sp³-hybridized carbons (Fsp3) is 0. The topological polar surface area (TPSA) is 65.8 Å². The zero-order valence-electron chi connectivity index (χ0n) is 6.84. The molecule has 4 heteroatoms. The monoisotopic (exact) mass is 173 g/mol. The Morgan fingerprint density at radius 1 is 1.54 bits per heavy atom. The Labute approximate surface area is 75.1 Å². The molecule has 0 bridgehead atoms. The van der Waals surface area contributed by atoms with Crippen LogP contribution in [-0.2, 0) is 0 Å². The van der Waals surface area contributed by atoms with Gasteiger partial charge in [-0.2, -0.15) is 0 Å². The lowest BCUT2D eigenvalue weighted by Gasteiger charge is -1.98. The minimum Gasteiger partial charge on any atom is -0.289 e. The van der Waals surface area contributed by atoms with Crippen LogP contribution in [0.2, 0.25) is 0 Å². The molecule has 0 amide bonds. The van der Waals surface area contributed by atoms with E-state index < -0.39 is 0 Å². The van der Waals surface area contributed by atoms with Crippen molar-refractivity contribution in [3.63, 3.8) is 0 Å². The van der Waals surface area contributed by atoms with Crippen molar-refractivity contribution in [2.75, 3.05) is 0 Å². The Balaban J connectivity index is 3.26. The summed E-state index contributed by atoms with van der Waals surface area (Å²) in [6, 6.07) is 6.57. The fourth-order valence-electron chi connectivity index (χ4n) is 0.927. The highest BCUT2D eigenvalue weighted by Crippen LogP contribution is 2.19. The normalized spacial score (nSPS) is 8.62. The number of ketones is 1. The Morgan fingerprint density at radius 2 is 2.23 bits per heavy atom. The van der Waals surface area contributed by atoms with E-state index in [9.17, 15) is 4.79 Å². The van der Waals surface area contributed by atoms with Gasteiger partial charge >= 0.3 is 0 Å². The Kier molecular flexibility index (Phi) is 2.84. The summed E-state index contributed by atoms with van der Waals surface area (Å²) in [5.41, 5.74) is 8.92. The van der Waals surface area contributed by atoms with Gasteiger partial charge in [-0.15, -0.1) is 0 Å². The standard InChI is InChI=1S/C9H7N3O/c1-2-9(13)7-5-3-4-6-8(7)11-12-10/h2-6H,1H2. The molecule has 0 radical (unpaired) electrons. The van der Waals surface area contributed by atoms with Gasteiger partial charge in [0.2, 0.25) is 0 Å². The number of azide groups is 1. The lowest BCUT2D eigenvalue weighted by molar-refractivity contribution is 0.104. The van der Waals surface area contributed by atoms with Gasteiger partial charge in [-0.05, 0) is 11.6 Å². The van der Waals surface area contributed by atoms with Gasteiger partial charge in [0, 0.05) is 16.2 Å². The predicted octanol–water partition coefficient (Wildman–Crippen LogP) is 3.00. The molecule has 0 saturated heterocycles. The largest absolute Gasteiger partial charge is 0.289 e. The van der Waals surface area contributed by atoms with E-state index >= 15 is 0 Å². The average molecular weight is 173 g/mol. The molecule has 0 heterocycles. The van der Waals surface area contributed by atoms with Crippen molar-refractivity contribution in [3.05, 3.63) is 52.9 Å². The molecule has 0 unspecified atom stereocenters. The lowest BCUT2D eigenvalue weighted by atomic mass is 10.1. The molecular weight excluding hydrogens is 166 g/mol. The SMILES string of the molecule is C=CC(=O)c1ccccc1N=[N+]=[N-]. The molecule has 0 aliphatic rings. The van der Waals surface area contributed by atoms with Crippen molar-refractivity contribution in [1.29, 1.82) is 0 Å². The minimum absolute atomic E-state index is 0.247. The van der Waals surface area contributed by atoms with Crippen LogP contribution in [0.4, 0.5) is 5.69 Å². The van der Waals surface area contributed by atoms with Gasteiger partial charge in [0.05, 0.1) is 0 Å². The van der Waals surface area contributed by atoms with Crippen molar-refractivity contribution < 1.29 is 4.79 Å². The number of nitrogens with zero attached hydrogens (tertiary/aromatic N) is 3. The van der Waals surface area contributed by atoms with E-state index in [1.165, 1.54) is 6.08 Å². The van der Waals surface area contributed by atoms with E-state index in [0.29, 0.717) is 11.3 Å². The highest BCUT2D eigenvalue weighted by Gasteiger charge is 2.04. The Hall–Kier alpha value is -2.06. The van der Waals surface area contributed by atoms with Crippen molar-refractivity contribution in [1.82, 2.24) is 0 Å². The molecule has 4 nitrogen and oxygen atoms in total. The minimum atomic E-state index is -0.247. The maximum Gasteiger partial charge on any atom is 0.185 e. The number of allylic oxidation sites excluding steroid dienone is 1. The predicted molar refractivity (Wildman–Crippen MR) is 49.8 cm³/mol. The number of carbonyl (C=O) groups is 1. The zero-order chi connectivity index (χ0) is 9.68. The summed E-state index contributed by atoms with van der Waals surface area (Å²) in [6.45, 7) is 3.35. The van der Waals surface area contributed by atoms with Gasteiger partial charge in [0.1, 0.15) is 0 Å². The van der Waals surface area contributed by atoms with Crippen molar-refractivity contribution in [2.24, 2.45) is 5.11 Å². The van der Waals surface area contributed by atoms with Crippen molar-refractivity contribution >= 4 is 11.5 Å². The van der Waals surface area contributed by atoms with E-state index in [0.717, 1.165) is 0 Å². The zero-order valence-corrected chi connectivity index (χ0v) is 6.84. The number of hydrogen-bond acceptors (Lipinski definition) is 2. The van der Waals surface area contributed by atoms with Crippen LogP contribution in [0.3, 0.4) is 0 Å². The first-order chi connectivity index (χ1) is 6.29. The summed E-state index contributed by atoms with van der Waals surface area (Å²) in [4.78, 5) is 13.8. The Morgan fingerprint density at radius 3 is 2.85 bits per heavy atom. The van der Waals surface area contributed by atoms with E-state index in [1.807, 2.05) is 0 Å². The first-order valence-electron chi connectivity index (χ1n) is 3.60. The Bertz CT molecular complexity index is 392. The molecule has 64 valence electrons. The number of carbonyl (C=O) groups excluding carboxylic acids is 1. The van der Waals surface area contributed by atoms with E-state index in [-0.39, 0.29) is 5.78 Å². The second-order valence-corrected chi connectivity index (χ2v) is 2.27. The summed E-state index contributed by atoms with van der Waals surface area (Å²) in [6.07, 6.45) is 1.19. The maximum atomic E-state index is 11.2. The van der Waals surface area contributed by atoms with Crippen molar-refractivity contribution in [2.45, 2.75) is 0 Å². The molecule has 0 spiro atoms. The average Bonchev–Trinajstić information content (AvgIpc) is 2.18. The molecule has 1 rings (SSSR count). The summed E-state index contributed by atoms with van der Waals surface area (Å²) in [5, 5.41) is 3.39. The molecule has 0 N–H and O–H groups in total. The van der Waals surface area contributed by atoms with Gasteiger partial charge in [0.25, 0.3) is 0 Å². The molecule has 0 aliphatic carbocycles.